The maximum atomic E-state index is 13.4. The summed E-state index contributed by atoms with van der Waals surface area (Å²) in [6.07, 6.45) is 0. The van der Waals surface area contributed by atoms with Gasteiger partial charge in [0.1, 0.15) is 15.7 Å². The van der Waals surface area contributed by atoms with Gasteiger partial charge in [-0.25, -0.2) is 14.2 Å². The van der Waals surface area contributed by atoms with Crippen LogP contribution in [-0.2, 0) is 0 Å². The summed E-state index contributed by atoms with van der Waals surface area (Å²) >= 11 is 1.06. The maximum Gasteiger partial charge on any atom is 0.347 e. The van der Waals surface area contributed by atoms with Crippen LogP contribution >= 0.6 is 11.3 Å². The van der Waals surface area contributed by atoms with Crippen molar-refractivity contribution >= 4 is 17.3 Å². The molecule has 2 aromatic rings. The van der Waals surface area contributed by atoms with Crippen LogP contribution in [0.4, 0.5) is 4.39 Å². The standard InChI is InChI=1S/C12H10FNO2S/c1-6-3-4-8(5-9(6)13)11-14-7(2)10(17-11)12(15)16/h3-5H,1-2H3,(H,15,16). The Labute approximate surface area is 102 Å². The first kappa shape index (κ1) is 11.7. The third-order valence-electron chi connectivity index (χ3n) is 2.41. The van der Waals surface area contributed by atoms with Gasteiger partial charge in [-0.1, -0.05) is 12.1 Å². The second kappa shape index (κ2) is 4.25. The van der Waals surface area contributed by atoms with Crippen molar-refractivity contribution in [1.82, 2.24) is 4.98 Å². The number of rotatable bonds is 2. The van der Waals surface area contributed by atoms with Crippen molar-refractivity contribution in [2.45, 2.75) is 13.8 Å². The summed E-state index contributed by atoms with van der Waals surface area (Å²) < 4.78 is 13.4. The third-order valence-corrected chi connectivity index (χ3v) is 3.60. The molecule has 0 aliphatic carbocycles. The molecular weight excluding hydrogens is 241 g/mol. The number of thiazole rings is 1. The van der Waals surface area contributed by atoms with Gasteiger partial charge in [-0.15, -0.1) is 11.3 Å². The molecular formula is C12H10FNO2S. The van der Waals surface area contributed by atoms with Gasteiger partial charge in [0, 0.05) is 5.56 Å². The van der Waals surface area contributed by atoms with Crippen molar-refractivity contribution in [3.63, 3.8) is 0 Å². The molecule has 1 aromatic heterocycles. The van der Waals surface area contributed by atoms with Crippen LogP contribution in [0.15, 0.2) is 18.2 Å². The van der Waals surface area contributed by atoms with Crippen molar-refractivity contribution in [2.75, 3.05) is 0 Å². The molecule has 0 fully saturated rings. The Bertz CT molecular complexity index is 592. The predicted octanol–water partition coefficient (Wildman–Crippen LogP) is 3.26. The summed E-state index contributed by atoms with van der Waals surface area (Å²) in [7, 11) is 0. The second-order valence-corrected chi connectivity index (χ2v) is 4.70. The molecule has 0 saturated carbocycles. The van der Waals surface area contributed by atoms with Gasteiger partial charge >= 0.3 is 5.97 Å². The first-order valence-electron chi connectivity index (χ1n) is 4.96. The molecule has 0 bridgehead atoms. The van der Waals surface area contributed by atoms with Crippen LogP contribution in [-0.4, -0.2) is 16.1 Å². The summed E-state index contributed by atoms with van der Waals surface area (Å²) in [6.45, 7) is 3.31. The van der Waals surface area contributed by atoms with Crippen molar-refractivity contribution in [3.8, 4) is 10.6 Å². The number of carboxylic acid groups (broad SMARTS) is 1. The molecule has 0 aliphatic rings. The van der Waals surface area contributed by atoms with Gasteiger partial charge in [-0.2, -0.15) is 0 Å². The zero-order valence-corrected chi connectivity index (χ0v) is 10.1. The number of aryl methyl sites for hydroxylation is 2. The molecule has 0 radical (unpaired) electrons. The van der Waals surface area contributed by atoms with E-state index in [0.29, 0.717) is 21.8 Å². The highest BCUT2D eigenvalue weighted by molar-refractivity contribution is 7.17. The summed E-state index contributed by atoms with van der Waals surface area (Å²) in [4.78, 5) is 15.2. The van der Waals surface area contributed by atoms with Gasteiger partial charge in [0.25, 0.3) is 0 Å². The van der Waals surface area contributed by atoms with Crippen LogP contribution < -0.4 is 0 Å². The second-order valence-electron chi connectivity index (χ2n) is 3.70. The van der Waals surface area contributed by atoms with Crippen molar-refractivity contribution < 1.29 is 14.3 Å². The van der Waals surface area contributed by atoms with Gasteiger partial charge in [0.2, 0.25) is 0 Å². The summed E-state index contributed by atoms with van der Waals surface area (Å²) in [5.74, 6) is -1.31. The van der Waals surface area contributed by atoms with E-state index in [9.17, 15) is 9.18 Å². The van der Waals surface area contributed by atoms with E-state index >= 15 is 0 Å². The lowest BCUT2D eigenvalue weighted by atomic mass is 10.1. The summed E-state index contributed by atoms with van der Waals surface area (Å²) in [5.41, 5.74) is 1.62. The molecule has 2 rings (SSSR count). The number of aromatic carboxylic acids is 1. The zero-order chi connectivity index (χ0) is 12.6. The molecule has 3 nitrogen and oxygen atoms in total. The largest absolute Gasteiger partial charge is 0.477 e. The molecule has 1 aromatic carbocycles. The Morgan fingerprint density at radius 1 is 1.41 bits per heavy atom. The van der Waals surface area contributed by atoms with E-state index in [0.717, 1.165) is 11.3 Å². The van der Waals surface area contributed by atoms with Crippen LogP contribution in [0.1, 0.15) is 20.9 Å². The van der Waals surface area contributed by atoms with E-state index in [2.05, 4.69) is 4.98 Å². The van der Waals surface area contributed by atoms with E-state index in [4.69, 9.17) is 5.11 Å². The molecule has 1 heterocycles. The fourth-order valence-electron chi connectivity index (χ4n) is 1.44. The van der Waals surface area contributed by atoms with Crippen LogP contribution in [0, 0.1) is 19.7 Å². The lowest BCUT2D eigenvalue weighted by molar-refractivity contribution is 0.0701. The van der Waals surface area contributed by atoms with E-state index in [1.54, 1.807) is 26.0 Å². The Kier molecular flexibility index (Phi) is 2.93. The van der Waals surface area contributed by atoms with E-state index in [1.807, 2.05) is 0 Å². The Hall–Kier alpha value is -1.75. The number of hydrogen-bond acceptors (Lipinski definition) is 3. The minimum atomic E-state index is -1.00. The summed E-state index contributed by atoms with van der Waals surface area (Å²) in [5, 5.41) is 9.45. The van der Waals surface area contributed by atoms with E-state index < -0.39 is 5.97 Å². The van der Waals surface area contributed by atoms with Gasteiger partial charge in [0.15, 0.2) is 0 Å². The maximum absolute atomic E-state index is 13.4. The average Bonchev–Trinajstić information content (AvgIpc) is 2.64. The minimum Gasteiger partial charge on any atom is -0.477 e. The Morgan fingerprint density at radius 2 is 2.12 bits per heavy atom. The van der Waals surface area contributed by atoms with Gasteiger partial charge in [0.05, 0.1) is 5.69 Å². The molecule has 0 atom stereocenters. The molecule has 0 spiro atoms. The molecule has 88 valence electrons. The quantitative estimate of drug-likeness (QED) is 0.891. The SMILES string of the molecule is Cc1ccc(-c2nc(C)c(C(=O)O)s2)cc1F. The highest BCUT2D eigenvalue weighted by atomic mass is 32.1. The number of carbonyl (C=O) groups is 1. The Balaban J connectivity index is 2.50. The van der Waals surface area contributed by atoms with E-state index in [1.165, 1.54) is 6.07 Å². The van der Waals surface area contributed by atoms with Gasteiger partial charge in [-0.3, -0.25) is 0 Å². The van der Waals surface area contributed by atoms with Crippen LogP contribution in [0.25, 0.3) is 10.6 Å². The smallest absolute Gasteiger partial charge is 0.347 e. The predicted molar refractivity (Wildman–Crippen MR) is 63.9 cm³/mol. The minimum absolute atomic E-state index is 0.195. The fraction of sp³-hybridized carbons (Fsp3) is 0.167. The van der Waals surface area contributed by atoms with Crippen molar-refractivity contribution in [1.29, 1.82) is 0 Å². The van der Waals surface area contributed by atoms with Crippen LogP contribution in [0.5, 0.6) is 0 Å². The third kappa shape index (κ3) is 2.19. The zero-order valence-electron chi connectivity index (χ0n) is 9.32. The number of benzene rings is 1. The molecule has 0 aliphatic heterocycles. The first-order chi connectivity index (χ1) is 7.99. The normalized spacial score (nSPS) is 10.5. The summed E-state index contributed by atoms with van der Waals surface area (Å²) in [6, 6.07) is 4.77. The van der Waals surface area contributed by atoms with Crippen molar-refractivity contribution in [2.24, 2.45) is 0 Å². The highest BCUT2D eigenvalue weighted by Crippen LogP contribution is 2.28. The number of carboxylic acids is 1. The van der Waals surface area contributed by atoms with Crippen molar-refractivity contribution in [3.05, 3.63) is 40.2 Å². The fourth-order valence-corrected chi connectivity index (χ4v) is 2.35. The lowest BCUT2D eigenvalue weighted by Crippen LogP contribution is -1.94. The molecule has 17 heavy (non-hydrogen) atoms. The highest BCUT2D eigenvalue weighted by Gasteiger charge is 2.15. The molecule has 0 amide bonds. The van der Waals surface area contributed by atoms with Gasteiger partial charge in [-0.05, 0) is 25.5 Å². The van der Waals surface area contributed by atoms with Gasteiger partial charge < -0.3 is 5.11 Å². The monoisotopic (exact) mass is 251 g/mol. The molecule has 0 saturated heterocycles. The van der Waals surface area contributed by atoms with E-state index in [-0.39, 0.29) is 10.7 Å². The number of aromatic nitrogens is 1. The topological polar surface area (TPSA) is 50.2 Å². The Morgan fingerprint density at radius 3 is 2.65 bits per heavy atom. The molecule has 1 N–H and O–H groups in total. The number of nitrogens with zero attached hydrogens (tertiary/aromatic N) is 1. The number of hydrogen-bond donors (Lipinski definition) is 1. The average molecular weight is 251 g/mol. The number of halogens is 1. The molecule has 5 heteroatoms. The first-order valence-corrected chi connectivity index (χ1v) is 5.78. The van der Waals surface area contributed by atoms with Crippen LogP contribution in [0.2, 0.25) is 0 Å². The lowest BCUT2D eigenvalue weighted by Gasteiger charge is -1.99. The molecule has 0 unspecified atom stereocenters. The van der Waals surface area contributed by atoms with Crippen LogP contribution in [0.3, 0.4) is 0 Å².